The van der Waals surface area contributed by atoms with E-state index in [9.17, 15) is 15.3 Å². The van der Waals surface area contributed by atoms with E-state index in [0.29, 0.717) is 16.2 Å². The molecule has 1 aliphatic rings. The molecule has 1 aromatic carbocycles. The molecule has 0 saturated carbocycles. The number of aromatic amines is 1. The number of nitrogens with zero attached hydrogens (tertiary/aromatic N) is 2. The molecular weight excluding hydrogens is 338 g/mol. The molecule has 1 aromatic heterocycles. The Morgan fingerprint density at radius 1 is 1.20 bits per heavy atom. The maximum atomic E-state index is 10.3. The number of nitrogens with one attached hydrogen (secondary N) is 1. The van der Waals surface area contributed by atoms with Gasteiger partial charge in [-0.15, -0.1) is 0 Å². The lowest BCUT2D eigenvalue weighted by Gasteiger charge is -2.23. The number of hydrogen-bond acceptors (Lipinski definition) is 5. The van der Waals surface area contributed by atoms with Gasteiger partial charge in [-0.1, -0.05) is 13.0 Å². The van der Waals surface area contributed by atoms with E-state index in [1.165, 1.54) is 6.08 Å². The Bertz CT molecular complexity index is 940. The van der Waals surface area contributed by atoms with Crippen molar-refractivity contribution in [1.82, 2.24) is 14.8 Å². The van der Waals surface area contributed by atoms with Crippen molar-refractivity contribution in [2.24, 2.45) is 5.92 Å². The first-order valence-corrected chi connectivity index (χ1v) is 8.54. The highest BCUT2D eigenvalue weighted by Gasteiger charge is 2.26. The predicted octanol–water partition coefficient (Wildman–Crippen LogP) is 3.48. The molecule has 0 aliphatic heterocycles. The van der Waals surface area contributed by atoms with Crippen molar-refractivity contribution in [3.8, 4) is 11.4 Å². The number of rotatable bonds is 3. The minimum absolute atomic E-state index is 0.0272. The second-order valence-electron chi connectivity index (χ2n) is 6.24. The second kappa shape index (κ2) is 6.50. The number of aliphatic hydroxyl groups excluding tert-OH is 2. The first-order valence-electron chi connectivity index (χ1n) is 8.13. The molecule has 6 nitrogen and oxygen atoms in total. The van der Waals surface area contributed by atoms with Crippen molar-refractivity contribution >= 4 is 17.8 Å². The first kappa shape index (κ1) is 17.4. The maximum absolute atomic E-state index is 10.3. The van der Waals surface area contributed by atoms with E-state index in [-0.39, 0.29) is 17.4 Å². The van der Waals surface area contributed by atoms with Crippen LogP contribution in [0.1, 0.15) is 30.3 Å². The van der Waals surface area contributed by atoms with Crippen LogP contribution in [0, 0.1) is 24.5 Å². The van der Waals surface area contributed by atoms with Gasteiger partial charge in [0.1, 0.15) is 11.5 Å². The van der Waals surface area contributed by atoms with Crippen LogP contribution in [0.5, 0.6) is 5.75 Å². The maximum Gasteiger partial charge on any atom is 0.200 e. The largest absolute Gasteiger partial charge is 0.508 e. The van der Waals surface area contributed by atoms with Crippen molar-refractivity contribution in [2.75, 3.05) is 0 Å². The van der Waals surface area contributed by atoms with E-state index in [1.807, 2.05) is 26.8 Å². The summed E-state index contributed by atoms with van der Waals surface area (Å²) in [6.45, 7) is 5.70. The van der Waals surface area contributed by atoms with E-state index >= 15 is 0 Å². The molecule has 2 atom stereocenters. The van der Waals surface area contributed by atoms with Crippen LogP contribution in [0.4, 0.5) is 0 Å². The topological polar surface area (TPSA) is 94.3 Å². The highest BCUT2D eigenvalue weighted by molar-refractivity contribution is 7.71. The summed E-state index contributed by atoms with van der Waals surface area (Å²) in [5, 5.41) is 37.3. The van der Waals surface area contributed by atoms with Crippen LogP contribution in [0.3, 0.4) is 0 Å². The van der Waals surface area contributed by atoms with Gasteiger partial charge in [0.25, 0.3) is 0 Å². The molecule has 0 fully saturated rings. The number of phenols is 1. The van der Waals surface area contributed by atoms with E-state index in [2.05, 4.69) is 10.2 Å². The Labute approximate surface area is 150 Å². The second-order valence-corrected chi connectivity index (χ2v) is 6.62. The van der Waals surface area contributed by atoms with Crippen LogP contribution in [0.2, 0.25) is 0 Å². The number of aromatic hydroxyl groups is 1. The molecule has 0 amide bonds. The van der Waals surface area contributed by atoms with E-state index in [1.54, 1.807) is 16.7 Å². The van der Waals surface area contributed by atoms with Gasteiger partial charge in [-0.2, -0.15) is 5.10 Å². The molecule has 132 valence electrons. The molecule has 1 aliphatic carbocycles. The van der Waals surface area contributed by atoms with Crippen LogP contribution in [0.15, 0.2) is 30.0 Å². The first-order chi connectivity index (χ1) is 11.8. The van der Waals surface area contributed by atoms with Crippen LogP contribution in [0.25, 0.3) is 11.3 Å². The fraction of sp³-hybridized carbons (Fsp3) is 0.333. The highest BCUT2D eigenvalue weighted by Crippen LogP contribution is 2.33. The molecule has 0 bridgehead atoms. The van der Waals surface area contributed by atoms with Gasteiger partial charge in [0.15, 0.2) is 10.6 Å². The summed E-state index contributed by atoms with van der Waals surface area (Å²) in [4.78, 5) is 0. The van der Waals surface area contributed by atoms with Gasteiger partial charge in [-0.25, -0.2) is 0 Å². The van der Waals surface area contributed by atoms with Crippen molar-refractivity contribution in [3.05, 3.63) is 51.8 Å². The lowest BCUT2D eigenvalue weighted by molar-refractivity contribution is 0.167. The molecule has 4 N–H and O–H groups in total. The fourth-order valence-electron chi connectivity index (χ4n) is 3.06. The molecule has 1 unspecified atom stereocenters. The van der Waals surface area contributed by atoms with E-state index < -0.39 is 6.10 Å². The molecule has 0 saturated heterocycles. The number of aromatic nitrogens is 3. The summed E-state index contributed by atoms with van der Waals surface area (Å²) in [5.74, 6) is 0.553. The molecule has 2 aromatic rings. The number of phenolic OH excluding ortho intramolecular Hbond substituents is 1. The summed E-state index contributed by atoms with van der Waals surface area (Å²) in [6.07, 6.45) is 3.27. The number of allylic oxidation sites excluding steroid dienone is 1. The van der Waals surface area contributed by atoms with Crippen LogP contribution in [-0.2, 0) is 0 Å². The number of benzene rings is 1. The molecular formula is C18H21N3O3S. The van der Waals surface area contributed by atoms with Gasteiger partial charge >= 0.3 is 0 Å². The summed E-state index contributed by atoms with van der Waals surface area (Å²) in [5.41, 5.74) is 2.92. The molecule has 7 heteroatoms. The Morgan fingerprint density at radius 2 is 1.92 bits per heavy atom. The van der Waals surface area contributed by atoms with Crippen molar-refractivity contribution in [3.63, 3.8) is 0 Å². The third kappa shape index (κ3) is 2.89. The van der Waals surface area contributed by atoms with Crippen LogP contribution < -0.4 is 0 Å². The normalized spacial score (nSPS) is 20.3. The zero-order valence-electron chi connectivity index (χ0n) is 14.3. The summed E-state index contributed by atoms with van der Waals surface area (Å²) in [7, 11) is 0. The smallest absolute Gasteiger partial charge is 0.200 e. The molecule has 3 rings (SSSR count). The lowest BCUT2D eigenvalue weighted by Crippen LogP contribution is -2.21. The van der Waals surface area contributed by atoms with Crippen LogP contribution >= 0.6 is 12.2 Å². The molecule has 0 spiro atoms. The quantitative estimate of drug-likeness (QED) is 0.630. The third-order valence-corrected chi connectivity index (χ3v) is 5.05. The van der Waals surface area contributed by atoms with Crippen molar-refractivity contribution in [2.45, 2.75) is 33.3 Å². The standard InChI is InChI=1S/C18H21N3O3S/c1-4-11-7-12(16(24)8-15(11)23)17-19-20-18(25)21(17)13-5-6-14(22)10(3)9(13)2/h5-8,11,15,22-24H,4H2,1-3H3,(H,20,25)/t11?,15-/m1/s1. The highest BCUT2D eigenvalue weighted by atomic mass is 32.1. The Kier molecular flexibility index (Phi) is 4.53. The molecule has 1 heterocycles. The van der Waals surface area contributed by atoms with Crippen molar-refractivity contribution < 1.29 is 15.3 Å². The van der Waals surface area contributed by atoms with E-state index in [4.69, 9.17) is 12.2 Å². The monoisotopic (exact) mass is 359 g/mol. The average Bonchev–Trinajstić information content (AvgIpc) is 2.94. The Morgan fingerprint density at radius 3 is 2.60 bits per heavy atom. The number of aliphatic hydroxyl groups is 2. The van der Waals surface area contributed by atoms with Gasteiger partial charge in [0.05, 0.1) is 17.4 Å². The van der Waals surface area contributed by atoms with E-state index in [0.717, 1.165) is 23.2 Å². The van der Waals surface area contributed by atoms with Crippen LogP contribution in [-0.4, -0.2) is 36.2 Å². The van der Waals surface area contributed by atoms with Gasteiger partial charge in [-0.05, 0) is 61.8 Å². The SMILES string of the molecule is CCC1C=C(c2n[nH]c(=S)n2-c2ccc(O)c(C)c2C)C(O)=C[C@H]1O. The summed E-state index contributed by atoms with van der Waals surface area (Å²) >= 11 is 5.38. The Hall–Kier alpha value is -2.38. The van der Waals surface area contributed by atoms with Crippen molar-refractivity contribution in [1.29, 1.82) is 0 Å². The lowest BCUT2D eigenvalue weighted by atomic mass is 9.90. The predicted molar refractivity (Wildman–Crippen MR) is 98.4 cm³/mol. The average molecular weight is 359 g/mol. The third-order valence-electron chi connectivity index (χ3n) is 4.78. The minimum atomic E-state index is -0.721. The van der Waals surface area contributed by atoms with Gasteiger partial charge < -0.3 is 15.3 Å². The van der Waals surface area contributed by atoms with Gasteiger partial charge in [0, 0.05) is 5.92 Å². The molecule has 0 radical (unpaired) electrons. The summed E-state index contributed by atoms with van der Waals surface area (Å²) < 4.78 is 2.12. The number of H-pyrrole nitrogens is 1. The van der Waals surface area contributed by atoms with Gasteiger partial charge in [0.2, 0.25) is 0 Å². The Balaban J connectivity index is 2.21. The summed E-state index contributed by atoms with van der Waals surface area (Å²) in [6, 6.07) is 3.38. The molecule has 25 heavy (non-hydrogen) atoms. The number of hydrogen-bond donors (Lipinski definition) is 4. The zero-order valence-corrected chi connectivity index (χ0v) is 15.1. The fourth-order valence-corrected chi connectivity index (χ4v) is 3.29. The minimum Gasteiger partial charge on any atom is -0.508 e. The zero-order chi connectivity index (χ0) is 18.3. The van der Waals surface area contributed by atoms with Gasteiger partial charge in [-0.3, -0.25) is 9.67 Å².